The number of likely N-dealkylation sites (tertiary alicyclic amines) is 1. The molecule has 0 unspecified atom stereocenters. The van der Waals surface area contributed by atoms with E-state index in [0.717, 1.165) is 15.6 Å². The van der Waals surface area contributed by atoms with Gasteiger partial charge >= 0.3 is 0 Å². The van der Waals surface area contributed by atoms with Gasteiger partial charge in [-0.15, -0.1) is 0 Å². The van der Waals surface area contributed by atoms with Crippen LogP contribution in [0, 0.1) is 12.8 Å². The number of benzene rings is 2. The van der Waals surface area contributed by atoms with Crippen LogP contribution in [0.2, 0.25) is 0 Å². The Hall–Kier alpha value is -2.80. The van der Waals surface area contributed by atoms with Crippen LogP contribution in [-0.2, 0) is 9.59 Å². The third-order valence-electron chi connectivity index (χ3n) is 5.38. The van der Waals surface area contributed by atoms with Gasteiger partial charge in [0.05, 0.1) is 0 Å². The number of carbonyl (C=O) groups excluding carboxylic acids is 2. The van der Waals surface area contributed by atoms with Crippen molar-refractivity contribution in [2.45, 2.75) is 19.8 Å². The molecule has 0 atom stereocenters. The van der Waals surface area contributed by atoms with Gasteiger partial charge in [0.2, 0.25) is 18.6 Å². The molecule has 0 radical (unpaired) electrons. The molecule has 2 aliphatic rings. The Kier molecular flexibility index (Phi) is 6.08. The summed E-state index contributed by atoms with van der Waals surface area (Å²) in [6, 6.07) is 11.4. The number of rotatable bonds is 4. The first-order chi connectivity index (χ1) is 14.5. The van der Waals surface area contributed by atoms with E-state index in [1.165, 1.54) is 0 Å². The number of carbonyl (C=O) groups is 2. The average molecular weight is 471 g/mol. The van der Waals surface area contributed by atoms with Crippen LogP contribution < -0.4 is 14.8 Å². The lowest BCUT2D eigenvalue weighted by molar-refractivity contribution is -0.130. The quantitative estimate of drug-likeness (QED) is 0.673. The highest BCUT2D eigenvalue weighted by atomic mass is 79.9. The Bertz CT molecular complexity index is 997. The summed E-state index contributed by atoms with van der Waals surface area (Å²) in [5.41, 5.74) is 2.81. The van der Waals surface area contributed by atoms with Crippen molar-refractivity contribution in [3.63, 3.8) is 0 Å². The standard InChI is InChI=1S/C23H23BrN2O4/c1-15-2-3-16(19(24)12-15)4-7-22(27)26-10-8-17(9-11-26)23(28)25-18-5-6-20-21(13-18)30-14-29-20/h2-7,12-13,17H,8-11,14H2,1H3,(H,25,28)/b7-4+. The zero-order valence-electron chi connectivity index (χ0n) is 16.7. The van der Waals surface area contributed by atoms with Crippen molar-refractivity contribution in [3.8, 4) is 11.5 Å². The number of hydrogen-bond acceptors (Lipinski definition) is 4. The first kappa shape index (κ1) is 20.5. The Balaban J connectivity index is 1.29. The maximum absolute atomic E-state index is 12.6. The van der Waals surface area contributed by atoms with Crippen LogP contribution in [0.5, 0.6) is 11.5 Å². The lowest BCUT2D eigenvalue weighted by Crippen LogP contribution is -2.40. The fraction of sp³-hybridized carbons (Fsp3) is 0.304. The molecule has 4 rings (SSSR count). The van der Waals surface area contributed by atoms with Crippen LogP contribution in [0.1, 0.15) is 24.0 Å². The molecule has 30 heavy (non-hydrogen) atoms. The molecular formula is C23H23BrN2O4. The van der Waals surface area contributed by atoms with Gasteiger partial charge in [-0.25, -0.2) is 0 Å². The van der Waals surface area contributed by atoms with E-state index in [1.54, 1.807) is 29.2 Å². The monoisotopic (exact) mass is 470 g/mol. The zero-order chi connectivity index (χ0) is 21.1. The van der Waals surface area contributed by atoms with E-state index in [1.807, 2.05) is 31.2 Å². The molecule has 156 valence electrons. The first-order valence-electron chi connectivity index (χ1n) is 9.93. The molecule has 2 aromatic carbocycles. The van der Waals surface area contributed by atoms with Gasteiger partial charge in [-0.2, -0.15) is 0 Å². The Morgan fingerprint density at radius 1 is 1.10 bits per heavy atom. The Morgan fingerprint density at radius 3 is 2.63 bits per heavy atom. The summed E-state index contributed by atoms with van der Waals surface area (Å²) < 4.78 is 11.6. The zero-order valence-corrected chi connectivity index (χ0v) is 18.3. The third-order valence-corrected chi connectivity index (χ3v) is 6.07. The van der Waals surface area contributed by atoms with Crippen molar-refractivity contribution in [2.75, 3.05) is 25.2 Å². The maximum atomic E-state index is 12.6. The summed E-state index contributed by atoms with van der Waals surface area (Å²) >= 11 is 3.53. The van der Waals surface area contributed by atoms with Crippen LogP contribution in [0.4, 0.5) is 5.69 Å². The molecule has 6 nitrogen and oxygen atoms in total. The number of nitrogens with one attached hydrogen (secondary N) is 1. The van der Waals surface area contributed by atoms with Crippen LogP contribution in [0.15, 0.2) is 46.9 Å². The van der Waals surface area contributed by atoms with Gasteiger partial charge in [0, 0.05) is 41.3 Å². The van der Waals surface area contributed by atoms with Gasteiger partial charge in [-0.05, 0) is 55.2 Å². The highest BCUT2D eigenvalue weighted by Gasteiger charge is 2.27. The van der Waals surface area contributed by atoms with Gasteiger partial charge < -0.3 is 19.7 Å². The van der Waals surface area contributed by atoms with Gasteiger partial charge in [0.25, 0.3) is 0 Å². The summed E-state index contributed by atoms with van der Waals surface area (Å²) in [6.45, 7) is 3.36. The topological polar surface area (TPSA) is 67.9 Å². The van der Waals surface area contributed by atoms with Gasteiger partial charge in [-0.3, -0.25) is 9.59 Å². The molecule has 0 aromatic heterocycles. The van der Waals surface area contributed by atoms with E-state index >= 15 is 0 Å². The molecule has 2 aliphatic heterocycles. The number of piperidine rings is 1. The molecule has 2 aromatic rings. The smallest absolute Gasteiger partial charge is 0.246 e. The van der Waals surface area contributed by atoms with E-state index in [2.05, 4.69) is 21.2 Å². The largest absolute Gasteiger partial charge is 0.454 e. The van der Waals surface area contributed by atoms with E-state index in [4.69, 9.17) is 9.47 Å². The second-order valence-corrected chi connectivity index (χ2v) is 8.37. The predicted octanol–water partition coefficient (Wildman–Crippen LogP) is 4.38. The summed E-state index contributed by atoms with van der Waals surface area (Å²) in [4.78, 5) is 26.9. The summed E-state index contributed by atoms with van der Waals surface area (Å²) in [7, 11) is 0. The molecular weight excluding hydrogens is 448 g/mol. The highest BCUT2D eigenvalue weighted by Crippen LogP contribution is 2.34. The molecule has 1 saturated heterocycles. The normalized spacial score (nSPS) is 16.1. The Morgan fingerprint density at radius 2 is 1.87 bits per heavy atom. The molecule has 2 amide bonds. The number of hydrogen-bond donors (Lipinski definition) is 1. The lowest BCUT2D eigenvalue weighted by atomic mass is 9.95. The van der Waals surface area contributed by atoms with E-state index in [9.17, 15) is 9.59 Å². The van der Waals surface area contributed by atoms with Gasteiger partial charge in [0.15, 0.2) is 11.5 Å². The van der Waals surface area contributed by atoms with Crippen LogP contribution in [0.25, 0.3) is 6.08 Å². The maximum Gasteiger partial charge on any atom is 0.246 e. The van der Waals surface area contributed by atoms with E-state index in [-0.39, 0.29) is 24.5 Å². The predicted molar refractivity (Wildman–Crippen MR) is 118 cm³/mol. The summed E-state index contributed by atoms with van der Waals surface area (Å²) in [5, 5.41) is 2.95. The number of nitrogens with zero attached hydrogens (tertiary/aromatic N) is 1. The fourth-order valence-corrected chi connectivity index (χ4v) is 4.24. The molecule has 0 spiro atoms. The molecule has 1 N–H and O–H groups in total. The third kappa shape index (κ3) is 4.67. The molecule has 2 heterocycles. The lowest BCUT2D eigenvalue weighted by Gasteiger charge is -2.30. The summed E-state index contributed by atoms with van der Waals surface area (Å²) in [6.07, 6.45) is 4.71. The molecule has 0 saturated carbocycles. The van der Waals surface area contributed by atoms with Crippen molar-refractivity contribution in [1.29, 1.82) is 0 Å². The van der Waals surface area contributed by atoms with Crippen molar-refractivity contribution in [2.24, 2.45) is 5.92 Å². The number of anilines is 1. The number of halogens is 1. The average Bonchev–Trinajstić information content (AvgIpc) is 3.21. The minimum atomic E-state index is -0.116. The highest BCUT2D eigenvalue weighted by molar-refractivity contribution is 9.10. The molecule has 1 fully saturated rings. The molecule has 7 heteroatoms. The summed E-state index contributed by atoms with van der Waals surface area (Å²) in [5.74, 6) is 1.15. The molecule has 0 bridgehead atoms. The van der Waals surface area contributed by atoms with Crippen LogP contribution in [0.3, 0.4) is 0 Å². The minimum absolute atomic E-state index is 0.0277. The van der Waals surface area contributed by atoms with Crippen molar-refractivity contribution in [1.82, 2.24) is 4.90 Å². The Labute approximate surface area is 184 Å². The number of ether oxygens (including phenoxy) is 2. The van der Waals surface area contributed by atoms with Crippen molar-refractivity contribution in [3.05, 3.63) is 58.1 Å². The second-order valence-electron chi connectivity index (χ2n) is 7.52. The van der Waals surface area contributed by atoms with Crippen LogP contribution >= 0.6 is 15.9 Å². The van der Waals surface area contributed by atoms with Gasteiger partial charge in [0.1, 0.15) is 0 Å². The van der Waals surface area contributed by atoms with Crippen LogP contribution in [-0.4, -0.2) is 36.6 Å². The minimum Gasteiger partial charge on any atom is -0.454 e. The fourth-order valence-electron chi connectivity index (χ4n) is 3.61. The first-order valence-corrected chi connectivity index (χ1v) is 10.7. The van der Waals surface area contributed by atoms with Crippen molar-refractivity contribution < 1.29 is 19.1 Å². The second kappa shape index (κ2) is 8.92. The number of aryl methyl sites for hydroxylation is 1. The molecule has 0 aliphatic carbocycles. The van der Waals surface area contributed by atoms with E-state index in [0.29, 0.717) is 43.1 Å². The van der Waals surface area contributed by atoms with Crippen molar-refractivity contribution >= 4 is 39.5 Å². The SMILES string of the molecule is Cc1ccc(/C=C/C(=O)N2CCC(C(=O)Nc3ccc4c(c3)OCO4)CC2)c(Br)c1. The van der Waals surface area contributed by atoms with E-state index < -0.39 is 0 Å². The number of amides is 2. The number of fused-ring (bicyclic) bond motifs is 1. The van der Waals surface area contributed by atoms with Gasteiger partial charge in [-0.1, -0.05) is 28.1 Å².